The zero-order valence-electron chi connectivity index (χ0n) is 15.3. The Balaban J connectivity index is 1.43. The molecule has 144 valence electrons. The van der Waals surface area contributed by atoms with E-state index in [0.717, 1.165) is 37.3 Å². The van der Waals surface area contributed by atoms with Crippen molar-refractivity contribution in [3.63, 3.8) is 0 Å². The molecule has 5 nitrogen and oxygen atoms in total. The zero-order chi connectivity index (χ0) is 19.1. The van der Waals surface area contributed by atoms with Gasteiger partial charge in [-0.2, -0.15) is 0 Å². The summed E-state index contributed by atoms with van der Waals surface area (Å²) >= 11 is 0. The fraction of sp³-hybridized carbons (Fsp3) is 0.318. The van der Waals surface area contributed by atoms with Crippen LogP contribution in [0.25, 0.3) is 6.08 Å². The summed E-state index contributed by atoms with van der Waals surface area (Å²) < 4.78 is 31.5. The molecule has 0 spiro atoms. The molecule has 1 atom stereocenters. The lowest BCUT2D eigenvalue weighted by atomic mass is 10.0. The molecule has 0 N–H and O–H groups in total. The first kappa shape index (κ1) is 17.4. The average molecular weight is 381 g/mol. The smallest absolute Gasteiger partial charge is 0.231 e. The van der Waals surface area contributed by atoms with E-state index in [0.29, 0.717) is 30.2 Å². The van der Waals surface area contributed by atoms with Gasteiger partial charge in [-0.1, -0.05) is 18.2 Å². The second-order valence-corrected chi connectivity index (χ2v) is 7.30. The average Bonchev–Trinajstić information content (AvgIpc) is 3.32. The quantitative estimate of drug-likeness (QED) is 0.758. The normalized spacial score (nSPS) is 22.7. The van der Waals surface area contributed by atoms with E-state index in [1.165, 1.54) is 12.1 Å². The van der Waals surface area contributed by atoms with Crippen LogP contribution >= 0.6 is 0 Å². The van der Waals surface area contributed by atoms with E-state index >= 15 is 0 Å². The molecule has 5 rings (SSSR count). The Morgan fingerprint density at radius 3 is 2.93 bits per heavy atom. The van der Waals surface area contributed by atoms with Crippen LogP contribution in [-0.2, 0) is 11.3 Å². The van der Waals surface area contributed by atoms with Crippen molar-refractivity contribution < 1.29 is 23.4 Å². The van der Waals surface area contributed by atoms with E-state index in [4.69, 9.17) is 14.2 Å². The molecule has 0 bridgehead atoms. The predicted octanol–water partition coefficient (Wildman–Crippen LogP) is 3.77. The second-order valence-electron chi connectivity index (χ2n) is 7.30. The van der Waals surface area contributed by atoms with Gasteiger partial charge in [0.15, 0.2) is 5.76 Å². The summed E-state index contributed by atoms with van der Waals surface area (Å²) in [7, 11) is 0. The lowest BCUT2D eigenvalue weighted by Crippen LogP contribution is -2.37. The minimum atomic E-state index is -0.393. The number of carbonyl (C=O) groups is 1. The first-order valence-corrected chi connectivity index (χ1v) is 9.50. The van der Waals surface area contributed by atoms with Gasteiger partial charge in [0.2, 0.25) is 5.78 Å². The van der Waals surface area contributed by atoms with Gasteiger partial charge in [-0.15, -0.1) is 0 Å². The lowest BCUT2D eigenvalue weighted by Gasteiger charge is -2.31. The highest BCUT2D eigenvalue weighted by Gasteiger charge is 2.34. The van der Waals surface area contributed by atoms with Crippen LogP contribution in [0.1, 0.15) is 34.3 Å². The lowest BCUT2D eigenvalue weighted by molar-refractivity contribution is 0.0274. The molecule has 0 radical (unpaired) electrons. The molecule has 28 heavy (non-hydrogen) atoms. The number of allylic oxidation sites excluding steroid dienone is 1. The Morgan fingerprint density at radius 1 is 1.21 bits per heavy atom. The van der Waals surface area contributed by atoms with Crippen LogP contribution in [0.2, 0.25) is 0 Å². The van der Waals surface area contributed by atoms with Crippen LogP contribution in [0.3, 0.4) is 0 Å². The van der Waals surface area contributed by atoms with E-state index < -0.39 is 5.82 Å². The molecule has 6 heteroatoms. The fourth-order valence-electron chi connectivity index (χ4n) is 3.93. The van der Waals surface area contributed by atoms with E-state index in [1.54, 1.807) is 24.3 Å². The molecule has 2 aromatic carbocycles. The molecule has 3 aliphatic rings. The van der Waals surface area contributed by atoms with Crippen molar-refractivity contribution >= 4 is 11.9 Å². The van der Waals surface area contributed by atoms with Crippen molar-refractivity contribution in [2.24, 2.45) is 0 Å². The first-order valence-electron chi connectivity index (χ1n) is 9.50. The van der Waals surface area contributed by atoms with E-state index in [2.05, 4.69) is 4.90 Å². The third kappa shape index (κ3) is 3.08. The van der Waals surface area contributed by atoms with Crippen molar-refractivity contribution in [2.75, 3.05) is 19.9 Å². The van der Waals surface area contributed by atoms with Crippen molar-refractivity contribution in [2.45, 2.75) is 25.5 Å². The van der Waals surface area contributed by atoms with Crippen LogP contribution in [0.15, 0.2) is 42.2 Å². The maximum Gasteiger partial charge on any atom is 0.231 e. The number of carbonyl (C=O) groups excluding carboxylic acids is 1. The monoisotopic (exact) mass is 381 g/mol. The Hall–Kier alpha value is -2.70. The van der Waals surface area contributed by atoms with Gasteiger partial charge in [0.1, 0.15) is 24.0 Å². The van der Waals surface area contributed by atoms with Crippen molar-refractivity contribution in [1.82, 2.24) is 4.90 Å². The topological polar surface area (TPSA) is 48.0 Å². The predicted molar refractivity (Wildman–Crippen MR) is 101 cm³/mol. The molecule has 3 heterocycles. The fourth-order valence-corrected chi connectivity index (χ4v) is 3.93. The molecule has 0 aromatic heterocycles. The van der Waals surface area contributed by atoms with Crippen LogP contribution < -0.4 is 9.47 Å². The number of hydrogen-bond donors (Lipinski definition) is 0. The minimum absolute atomic E-state index is 0.129. The summed E-state index contributed by atoms with van der Waals surface area (Å²) in [5, 5.41) is 0. The molecule has 0 saturated carbocycles. The van der Waals surface area contributed by atoms with Gasteiger partial charge in [0, 0.05) is 25.3 Å². The van der Waals surface area contributed by atoms with Gasteiger partial charge in [0.05, 0.1) is 17.2 Å². The van der Waals surface area contributed by atoms with Gasteiger partial charge >= 0.3 is 0 Å². The molecule has 1 saturated heterocycles. The molecule has 0 amide bonds. The highest BCUT2D eigenvalue weighted by atomic mass is 19.1. The summed E-state index contributed by atoms with van der Waals surface area (Å²) in [4.78, 5) is 14.9. The number of Topliss-reactive ketones (excluding diaryl/α,β-unsaturated/α-hetero) is 1. The van der Waals surface area contributed by atoms with Crippen LogP contribution in [-0.4, -0.2) is 36.7 Å². The number of ketones is 1. The Labute approximate surface area is 162 Å². The summed E-state index contributed by atoms with van der Waals surface area (Å²) in [6, 6.07) is 9.83. The molecular formula is C22H20FNO4. The first-order chi connectivity index (χ1) is 13.7. The largest absolute Gasteiger partial charge is 0.478 e. The van der Waals surface area contributed by atoms with Gasteiger partial charge < -0.3 is 14.2 Å². The maximum absolute atomic E-state index is 14.0. The highest BCUT2D eigenvalue weighted by Crippen LogP contribution is 2.42. The zero-order valence-corrected chi connectivity index (χ0v) is 15.3. The molecule has 1 fully saturated rings. The van der Waals surface area contributed by atoms with E-state index in [-0.39, 0.29) is 17.6 Å². The number of nitrogens with zero attached hydrogens (tertiary/aromatic N) is 1. The van der Waals surface area contributed by atoms with Gasteiger partial charge in [-0.3, -0.25) is 9.69 Å². The number of fused-ring (bicyclic) bond motifs is 3. The standard InChI is InChI=1S/C22H20FNO4/c23-18-6-2-1-4-14(18)10-20-21(25)16-7-8-19-17(22(16)28-20)12-24(13-27-19)11-15-5-3-9-26-15/h1-2,4,6-8,10,15H,3,5,9,11-13H2/t15-/m0/s1. The van der Waals surface area contributed by atoms with Crippen LogP contribution in [0.4, 0.5) is 4.39 Å². The van der Waals surface area contributed by atoms with E-state index in [1.807, 2.05) is 6.07 Å². The second kappa shape index (κ2) is 7.04. The maximum atomic E-state index is 14.0. The van der Waals surface area contributed by atoms with Crippen molar-refractivity contribution in [1.29, 1.82) is 0 Å². The number of rotatable bonds is 3. The summed E-state index contributed by atoms with van der Waals surface area (Å²) in [5.74, 6) is 0.738. The summed E-state index contributed by atoms with van der Waals surface area (Å²) in [5.41, 5.74) is 1.67. The van der Waals surface area contributed by atoms with E-state index in [9.17, 15) is 9.18 Å². The summed E-state index contributed by atoms with van der Waals surface area (Å²) in [6.07, 6.45) is 3.83. The summed E-state index contributed by atoms with van der Waals surface area (Å²) in [6.45, 7) is 2.71. The van der Waals surface area contributed by atoms with Gasteiger partial charge in [-0.05, 0) is 37.1 Å². The number of hydrogen-bond acceptors (Lipinski definition) is 5. The third-order valence-electron chi connectivity index (χ3n) is 5.36. The van der Waals surface area contributed by atoms with Crippen LogP contribution in [0.5, 0.6) is 11.5 Å². The van der Waals surface area contributed by atoms with Gasteiger partial charge in [-0.25, -0.2) is 4.39 Å². The molecule has 2 aromatic rings. The molecule has 0 unspecified atom stereocenters. The Morgan fingerprint density at radius 2 is 2.11 bits per heavy atom. The van der Waals surface area contributed by atoms with Crippen molar-refractivity contribution in [3.05, 3.63) is 64.7 Å². The highest BCUT2D eigenvalue weighted by molar-refractivity contribution is 6.15. The molecule has 3 aliphatic heterocycles. The van der Waals surface area contributed by atoms with Gasteiger partial charge in [0.25, 0.3) is 0 Å². The minimum Gasteiger partial charge on any atom is -0.478 e. The van der Waals surface area contributed by atoms with Crippen LogP contribution in [0, 0.1) is 5.82 Å². The van der Waals surface area contributed by atoms with Crippen molar-refractivity contribution in [3.8, 4) is 11.5 Å². The third-order valence-corrected chi connectivity index (χ3v) is 5.36. The number of halogens is 1. The SMILES string of the molecule is O=C1C(=Cc2ccccc2F)Oc2c1ccc1c2CN(C[C@@H]2CCCO2)CO1. The number of ether oxygens (including phenoxy) is 3. The number of benzene rings is 2. The Bertz CT molecular complexity index is 965. The Kier molecular flexibility index (Phi) is 4.37. The molecular weight excluding hydrogens is 361 g/mol. The molecule has 0 aliphatic carbocycles.